The van der Waals surface area contributed by atoms with Gasteiger partial charge in [-0.05, 0) is 36.8 Å². The average molecular weight is 402 g/mol. The van der Waals surface area contributed by atoms with Crippen molar-refractivity contribution in [3.05, 3.63) is 69.7 Å². The summed E-state index contributed by atoms with van der Waals surface area (Å²) in [6.45, 7) is 2.81. The molecule has 2 aromatic rings. The number of benzene rings is 2. The molecule has 5 heteroatoms. The number of fused-ring (bicyclic) bond motifs is 1. The molecule has 0 fully saturated rings. The van der Waals surface area contributed by atoms with Gasteiger partial charge in [0.1, 0.15) is 0 Å². The molecule has 0 spiro atoms. The number of rotatable bonds is 7. The van der Waals surface area contributed by atoms with Crippen molar-refractivity contribution < 1.29 is 9.59 Å². The van der Waals surface area contributed by atoms with Gasteiger partial charge in [-0.15, -0.1) is 0 Å². The summed E-state index contributed by atoms with van der Waals surface area (Å²) >= 11 is 12.0. The maximum Gasteiger partial charge on any atom is 0.259 e. The molecule has 0 N–H and O–H groups in total. The summed E-state index contributed by atoms with van der Waals surface area (Å²) in [4.78, 5) is 27.5. The Balaban J connectivity index is 1.90. The number of amides is 1. The maximum absolute atomic E-state index is 13.0. The number of unbranched alkanes of at least 4 members (excludes halogenated alkanes) is 3. The van der Waals surface area contributed by atoms with E-state index in [1.165, 1.54) is 12.1 Å². The van der Waals surface area contributed by atoms with Crippen molar-refractivity contribution in [1.29, 1.82) is 0 Å². The van der Waals surface area contributed by atoms with E-state index in [1.807, 2.05) is 24.3 Å². The third-order valence-corrected chi connectivity index (χ3v) is 5.22. The minimum absolute atomic E-state index is 0.133. The third-order valence-electron chi connectivity index (χ3n) is 4.67. The second kappa shape index (κ2) is 8.73. The minimum Gasteiger partial charge on any atom is -0.308 e. The first-order valence-corrected chi connectivity index (χ1v) is 9.91. The molecule has 0 aromatic heterocycles. The first-order chi connectivity index (χ1) is 13.0. The predicted octanol–water partition coefficient (Wildman–Crippen LogP) is 6.19. The Bertz CT molecular complexity index is 905. The van der Waals surface area contributed by atoms with Gasteiger partial charge in [0.05, 0.1) is 16.3 Å². The molecule has 0 unspecified atom stereocenters. The molecular formula is C22H21Cl2NO2. The highest BCUT2D eigenvalue weighted by Crippen LogP contribution is 2.37. The molecule has 140 valence electrons. The number of para-hydroxylation sites is 1. The summed E-state index contributed by atoms with van der Waals surface area (Å²) in [7, 11) is 0. The highest BCUT2D eigenvalue weighted by Gasteiger charge is 2.32. The maximum atomic E-state index is 13.0. The molecule has 1 amide bonds. The molecule has 0 saturated heterocycles. The van der Waals surface area contributed by atoms with Gasteiger partial charge in [-0.3, -0.25) is 9.59 Å². The number of hydrogen-bond donors (Lipinski definition) is 0. The van der Waals surface area contributed by atoms with E-state index in [9.17, 15) is 9.59 Å². The Morgan fingerprint density at radius 3 is 2.59 bits per heavy atom. The van der Waals surface area contributed by atoms with Gasteiger partial charge in [0, 0.05) is 22.7 Å². The zero-order valence-electron chi connectivity index (χ0n) is 15.2. The first-order valence-electron chi connectivity index (χ1n) is 9.15. The van der Waals surface area contributed by atoms with Gasteiger partial charge in [-0.1, -0.05) is 67.6 Å². The Morgan fingerprint density at radius 1 is 1.07 bits per heavy atom. The molecule has 1 aliphatic heterocycles. The van der Waals surface area contributed by atoms with Crippen LogP contribution in [0.5, 0.6) is 0 Å². The zero-order chi connectivity index (χ0) is 19.4. The SMILES string of the molecule is CCCCCCN1C(=O)C(=CC(=O)c2ccc(Cl)cc2Cl)c2ccccc21. The minimum atomic E-state index is -0.303. The van der Waals surface area contributed by atoms with Gasteiger partial charge in [0.2, 0.25) is 0 Å². The van der Waals surface area contributed by atoms with Gasteiger partial charge in [-0.25, -0.2) is 0 Å². The Labute approximate surface area is 169 Å². The molecule has 0 aliphatic carbocycles. The number of anilines is 1. The molecule has 0 saturated carbocycles. The van der Waals surface area contributed by atoms with Crippen LogP contribution in [0.2, 0.25) is 10.0 Å². The standard InChI is InChI=1S/C22H21Cl2NO2/c1-2-3-4-7-12-25-20-9-6-5-8-16(20)18(22(25)27)14-21(26)17-11-10-15(23)13-19(17)24/h5-6,8-11,13-14H,2-4,7,12H2,1H3. The van der Waals surface area contributed by atoms with Crippen molar-refractivity contribution in [2.75, 3.05) is 11.4 Å². The van der Waals surface area contributed by atoms with Gasteiger partial charge >= 0.3 is 0 Å². The van der Waals surface area contributed by atoms with Crippen LogP contribution < -0.4 is 4.90 Å². The van der Waals surface area contributed by atoms with E-state index in [0.717, 1.165) is 36.9 Å². The quantitative estimate of drug-likeness (QED) is 0.315. The molecule has 0 bridgehead atoms. The van der Waals surface area contributed by atoms with E-state index < -0.39 is 0 Å². The molecule has 27 heavy (non-hydrogen) atoms. The Kier molecular flexibility index (Phi) is 6.35. The van der Waals surface area contributed by atoms with Crippen LogP contribution in [0.3, 0.4) is 0 Å². The van der Waals surface area contributed by atoms with E-state index in [0.29, 0.717) is 22.7 Å². The number of hydrogen-bond acceptors (Lipinski definition) is 2. The van der Waals surface area contributed by atoms with Gasteiger partial charge in [-0.2, -0.15) is 0 Å². The van der Waals surface area contributed by atoms with Crippen LogP contribution in [0.15, 0.2) is 48.5 Å². The fourth-order valence-corrected chi connectivity index (χ4v) is 3.76. The lowest BCUT2D eigenvalue weighted by Crippen LogP contribution is -2.27. The highest BCUT2D eigenvalue weighted by atomic mass is 35.5. The number of halogens is 2. The number of allylic oxidation sites excluding steroid dienone is 1. The summed E-state index contributed by atoms with van der Waals surface area (Å²) in [5, 5.41) is 0.740. The summed E-state index contributed by atoms with van der Waals surface area (Å²) in [5.41, 5.74) is 2.40. The summed E-state index contributed by atoms with van der Waals surface area (Å²) < 4.78 is 0. The van der Waals surface area contributed by atoms with Gasteiger partial charge in [0.15, 0.2) is 5.78 Å². The van der Waals surface area contributed by atoms with E-state index >= 15 is 0 Å². The second-order valence-electron chi connectivity index (χ2n) is 6.58. The van der Waals surface area contributed by atoms with Crippen molar-refractivity contribution in [3.63, 3.8) is 0 Å². The summed E-state index contributed by atoms with van der Waals surface area (Å²) in [6, 6.07) is 12.3. The second-order valence-corrected chi connectivity index (χ2v) is 7.42. The molecular weight excluding hydrogens is 381 g/mol. The first kappa shape index (κ1) is 19.7. The number of carbonyl (C=O) groups excluding carboxylic acids is 2. The number of carbonyl (C=O) groups is 2. The lowest BCUT2D eigenvalue weighted by Gasteiger charge is -2.16. The molecule has 0 radical (unpaired) electrons. The van der Waals surface area contributed by atoms with Crippen molar-refractivity contribution in [2.24, 2.45) is 0 Å². The lowest BCUT2D eigenvalue weighted by atomic mass is 10.0. The monoisotopic (exact) mass is 401 g/mol. The molecule has 3 rings (SSSR count). The van der Waals surface area contributed by atoms with E-state index in [-0.39, 0.29) is 16.7 Å². The van der Waals surface area contributed by atoms with Crippen LogP contribution in [-0.4, -0.2) is 18.2 Å². The fourth-order valence-electron chi connectivity index (χ4n) is 3.26. The fraction of sp³-hybridized carbons (Fsp3) is 0.273. The number of ketones is 1. The predicted molar refractivity (Wildman–Crippen MR) is 112 cm³/mol. The van der Waals surface area contributed by atoms with Crippen LogP contribution in [0, 0.1) is 0 Å². The van der Waals surface area contributed by atoms with Gasteiger partial charge in [0.25, 0.3) is 5.91 Å². The van der Waals surface area contributed by atoms with Crippen molar-refractivity contribution >= 4 is 46.2 Å². The van der Waals surface area contributed by atoms with E-state index in [4.69, 9.17) is 23.2 Å². The van der Waals surface area contributed by atoms with Crippen LogP contribution >= 0.6 is 23.2 Å². The Morgan fingerprint density at radius 2 is 1.85 bits per heavy atom. The molecule has 2 aromatic carbocycles. The van der Waals surface area contributed by atoms with Crippen LogP contribution in [0.4, 0.5) is 5.69 Å². The van der Waals surface area contributed by atoms with Crippen molar-refractivity contribution in [1.82, 2.24) is 0 Å². The van der Waals surface area contributed by atoms with Crippen LogP contribution in [0.25, 0.3) is 5.57 Å². The van der Waals surface area contributed by atoms with Gasteiger partial charge < -0.3 is 4.90 Å². The third kappa shape index (κ3) is 4.26. The van der Waals surface area contributed by atoms with E-state index in [2.05, 4.69) is 6.92 Å². The molecule has 1 heterocycles. The summed E-state index contributed by atoms with van der Waals surface area (Å²) in [6.07, 6.45) is 5.72. The zero-order valence-corrected chi connectivity index (χ0v) is 16.7. The van der Waals surface area contributed by atoms with Crippen LogP contribution in [0.1, 0.15) is 48.5 Å². The molecule has 3 nitrogen and oxygen atoms in total. The van der Waals surface area contributed by atoms with E-state index in [1.54, 1.807) is 17.0 Å². The highest BCUT2D eigenvalue weighted by molar-refractivity contribution is 6.39. The topological polar surface area (TPSA) is 37.4 Å². The molecule has 1 aliphatic rings. The summed E-state index contributed by atoms with van der Waals surface area (Å²) in [5.74, 6) is -0.436. The largest absolute Gasteiger partial charge is 0.308 e. The number of nitrogens with zero attached hydrogens (tertiary/aromatic N) is 1. The smallest absolute Gasteiger partial charge is 0.259 e. The Hall–Kier alpha value is -2.10. The average Bonchev–Trinajstić information content (AvgIpc) is 2.91. The normalized spacial score (nSPS) is 14.7. The van der Waals surface area contributed by atoms with Crippen molar-refractivity contribution in [3.8, 4) is 0 Å². The van der Waals surface area contributed by atoms with Crippen LogP contribution in [-0.2, 0) is 4.79 Å². The molecule has 0 atom stereocenters. The van der Waals surface area contributed by atoms with Crippen molar-refractivity contribution in [2.45, 2.75) is 32.6 Å². The lowest BCUT2D eigenvalue weighted by molar-refractivity contribution is -0.113.